The summed E-state index contributed by atoms with van der Waals surface area (Å²) in [6.07, 6.45) is -4.21. The summed E-state index contributed by atoms with van der Waals surface area (Å²) in [7, 11) is 0. The largest absolute Gasteiger partial charge is 0.493 e. The van der Waals surface area contributed by atoms with Gasteiger partial charge in [-0.3, -0.25) is 4.79 Å². The quantitative estimate of drug-likeness (QED) is 0.170. The number of anilines is 2. The SMILES string of the molecule is CC(C)(C)OC(=O)C(Oc1cc(NC(=O)c2cccnc2NCc2ccc3c(c2)OCC3)ccc1C(F)(F)C(F)(F)F)C1CCCN1. The van der Waals surface area contributed by atoms with Gasteiger partial charge < -0.3 is 30.2 Å². The molecule has 0 saturated carbocycles. The molecule has 14 heteroatoms. The van der Waals surface area contributed by atoms with Crippen LogP contribution in [-0.2, 0) is 28.4 Å². The molecule has 1 amide bonds. The number of esters is 1. The van der Waals surface area contributed by atoms with Crippen molar-refractivity contribution >= 4 is 23.4 Å². The monoisotopic (exact) mass is 662 g/mol. The first-order valence-corrected chi connectivity index (χ1v) is 15.1. The molecule has 3 N–H and O–H groups in total. The Morgan fingerprint density at radius 2 is 1.87 bits per heavy atom. The number of amides is 1. The van der Waals surface area contributed by atoms with Crippen molar-refractivity contribution < 1.29 is 45.8 Å². The number of benzene rings is 2. The molecule has 47 heavy (non-hydrogen) atoms. The molecule has 2 aliphatic rings. The van der Waals surface area contributed by atoms with Gasteiger partial charge in [0.15, 0.2) is 0 Å². The van der Waals surface area contributed by atoms with E-state index in [0.29, 0.717) is 38.6 Å². The molecule has 1 fully saturated rings. The minimum atomic E-state index is -5.97. The lowest BCUT2D eigenvalue weighted by Crippen LogP contribution is -2.47. The topological polar surface area (TPSA) is 111 Å². The fourth-order valence-corrected chi connectivity index (χ4v) is 5.31. The molecule has 3 heterocycles. The van der Waals surface area contributed by atoms with E-state index in [9.17, 15) is 31.5 Å². The number of nitrogens with one attached hydrogen (secondary N) is 3. The zero-order valence-corrected chi connectivity index (χ0v) is 26.0. The third kappa shape index (κ3) is 7.92. The van der Waals surface area contributed by atoms with Gasteiger partial charge in [-0.1, -0.05) is 12.1 Å². The maximum Gasteiger partial charge on any atom is 0.458 e. The number of carbonyl (C=O) groups excluding carboxylic acids is 2. The fraction of sp³-hybridized carbons (Fsp3) is 0.424. The number of carbonyl (C=O) groups is 2. The summed E-state index contributed by atoms with van der Waals surface area (Å²) in [6, 6.07) is 10.3. The Bertz CT molecular complexity index is 1620. The second kappa shape index (κ2) is 13.3. The number of alkyl halides is 5. The van der Waals surface area contributed by atoms with Crippen LogP contribution in [0.1, 0.15) is 60.7 Å². The Hall–Kier alpha value is -4.46. The van der Waals surface area contributed by atoms with Crippen LogP contribution in [0.2, 0.25) is 0 Å². The Balaban J connectivity index is 1.42. The Kier molecular flexibility index (Phi) is 9.62. The molecule has 2 unspecified atom stereocenters. The maximum absolute atomic E-state index is 14.8. The molecule has 1 saturated heterocycles. The first-order chi connectivity index (χ1) is 22.1. The lowest BCUT2D eigenvalue weighted by molar-refractivity contribution is -0.289. The van der Waals surface area contributed by atoms with Crippen molar-refractivity contribution in [3.8, 4) is 11.5 Å². The average Bonchev–Trinajstić information content (AvgIpc) is 3.70. The summed E-state index contributed by atoms with van der Waals surface area (Å²) in [4.78, 5) is 30.8. The van der Waals surface area contributed by atoms with Crippen molar-refractivity contribution in [3.63, 3.8) is 0 Å². The van der Waals surface area contributed by atoms with Gasteiger partial charge in [-0.2, -0.15) is 22.0 Å². The van der Waals surface area contributed by atoms with Gasteiger partial charge in [0, 0.05) is 30.9 Å². The highest BCUT2D eigenvalue weighted by molar-refractivity contribution is 6.07. The average molecular weight is 663 g/mol. The van der Waals surface area contributed by atoms with Crippen molar-refractivity contribution in [3.05, 3.63) is 77.0 Å². The number of hydrogen-bond donors (Lipinski definition) is 3. The summed E-state index contributed by atoms with van der Waals surface area (Å²) >= 11 is 0. The molecule has 3 aromatic rings. The van der Waals surface area contributed by atoms with Gasteiger partial charge in [-0.15, -0.1) is 0 Å². The second-order valence-corrected chi connectivity index (χ2v) is 12.3. The van der Waals surface area contributed by atoms with Crippen LogP contribution in [0.15, 0.2) is 54.7 Å². The van der Waals surface area contributed by atoms with Gasteiger partial charge in [0.1, 0.15) is 22.9 Å². The van der Waals surface area contributed by atoms with Gasteiger partial charge >= 0.3 is 18.1 Å². The molecule has 0 spiro atoms. The number of ether oxygens (including phenoxy) is 3. The lowest BCUT2D eigenvalue weighted by Gasteiger charge is -2.30. The van der Waals surface area contributed by atoms with Crippen LogP contribution in [0.5, 0.6) is 11.5 Å². The molecular weight excluding hydrogens is 627 g/mol. The van der Waals surface area contributed by atoms with Gasteiger partial charge in [-0.05, 0) is 81.6 Å². The second-order valence-electron chi connectivity index (χ2n) is 12.3. The number of aromatic nitrogens is 1. The first kappa shape index (κ1) is 33.9. The molecule has 252 valence electrons. The molecule has 0 bridgehead atoms. The van der Waals surface area contributed by atoms with Gasteiger partial charge in [0.25, 0.3) is 5.91 Å². The molecule has 1 aromatic heterocycles. The highest BCUT2D eigenvalue weighted by Gasteiger charge is 2.60. The highest BCUT2D eigenvalue weighted by Crippen LogP contribution is 2.48. The van der Waals surface area contributed by atoms with E-state index in [1.165, 1.54) is 18.3 Å². The van der Waals surface area contributed by atoms with Crippen LogP contribution in [0.3, 0.4) is 0 Å². The molecular formula is C33H35F5N4O5. The fourth-order valence-electron chi connectivity index (χ4n) is 5.31. The molecule has 0 radical (unpaired) electrons. The van der Waals surface area contributed by atoms with E-state index >= 15 is 0 Å². The van der Waals surface area contributed by atoms with E-state index in [2.05, 4.69) is 20.9 Å². The van der Waals surface area contributed by atoms with Crippen molar-refractivity contribution in [1.29, 1.82) is 0 Å². The van der Waals surface area contributed by atoms with Crippen LogP contribution in [0.4, 0.5) is 33.5 Å². The molecule has 0 aliphatic carbocycles. The summed E-state index contributed by atoms with van der Waals surface area (Å²) in [5, 5.41) is 8.64. The van der Waals surface area contributed by atoms with E-state index in [4.69, 9.17) is 14.2 Å². The number of pyridine rings is 1. The van der Waals surface area contributed by atoms with Gasteiger partial charge in [0.05, 0.1) is 23.8 Å². The van der Waals surface area contributed by atoms with E-state index in [0.717, 1.165) is 35.4 Å². The Morgan fingerprint density at radius 1 is 1.09 bits per heavy atom. The van der Waals surface area contributed by atoms with E-state index < -0.39 is 53.0 Å². The molecule has 9 nitrogen and oxygen atoms in total. The van der Waals surface area contributed by atoms with E-state index in [-0.39, 0.29) is 17.1 Å². The standard InChI is InChI=1S/C33H35F5N4O5/c1-31(2,3)47-30(44)27(24-7-5-13-39-24)46-26-17-21(10-11-23(26)32(34,35)33(36,37)38)42-29(43)22-6-4-14-40-28(22)41-18-19-8-9-20-12-15-45-25(20)16-19/h4,6,8-11,14,16-17,24,27,39H,5,7,12-13,15,18H2,1-3H3,(H,40,41)(H,42,43). The van der Waals surface area contributed by atoms with E-state index in [1.807, 2.05) is 18.2 Å². The Labute approximate surface area is 268 Å². The van der Waals surface area contributed by atoms with Gasteiger partial charge in [0.2, 0.25) is 6.10 Å². The number of halogens is 5. The normalized spacial score (nSPS) is 17.0. The molecule has 2 aliphatic heterocycles. The maximum atomic E-state index is 14.8. The molecule has 2 aromatic carbocycles. The van der Waals surface area contributed by atoms with Crippen molar-refractivity contribution in [2.75, 3.05) is 23.8 Å². The summed E-state index contributed by atoms with van der Waals surface area (Å²) in [5.74, 6) is -6.93. The minimum Gasteiger partial charge on any atom is -0.493 e. The highest BCUT2D eigenvalue weighted by atomic mass is 19.4. The summed E-state index contributed by atoms with van der Waals surface area (Å²) in [5.41, 5.74) is -0.599. The van der Waals surface area contributed by atoms with Crippen LogP contribution >= 0.6 is 0 Å². The number of nitrogens with zero attached hydrogens (tertiary/aromatic N) is 1. The zero-order chi connectivity index (χ0) is 34.0. The summed E-state index contributed by atoms with van der Waals surface area (Å²) in [6.45, 7) is 6.16. The zero-order valence-electron chi connectivity index (χ0n) is 26.0. The number of rotatable bonds is 10. The first-order valence-electron chi connectivity index (χ1n) is 15.1. The van der Waals surface area contributed by atoms with Crippen LogP contribution < -0.4 is 25.4 Å². The predicted octanol–water partition coefficient (Wildman–Crippen LogP) is 6.38. The molecule has 5 rings (SSSR count). The van der Waals surface area contributed by atoms with Crippen molar-refractivity contribution in [1.82, 2.24) is 10.3 Å². The van der Waals surface area contributed by atoms with E-state index in [1.54, 1.807) is 20.8 Å². The summed E-state index contributed by atoms with van der Waals surface area (Å²) < 4.78 is 86.9. The smallest absolute Gasteiger partial charge is 0.458 e. The van der Waals surface area contributed by atoms with Crippen LogP contribution in [-0.4, -0.2) is 53.9 Å². The predicted molar refractivity (Wildman–Crippen MR) is 163 cm³/mol. The number of hydrogen-bond acceptors (Lipinski definition) is 8. The number of fused-ring (bicyclic) bond motifs is 1. The Morgan fingerprint density at radius 3 is 2.57 bits per heavy atom. The third-order valence-electron chi connectivity index (χ3n) is 7.56. The van der Waals surface area contributed by atoms with Gasteiger partial charge in [-0.25, -0.2) is 9.78 Å². The lowest BCUT2D eigenvalue weighted by atomic mass is 10.0. The van der Waals surface area contributed by atoms with Crippen molar-refractivity contribution in [2.24, 2.45) is 0 Å². The van der Waals surface area contributed by atoms with Crippen LogP contribution in [0, 0.1) is 0 Å². The van der Waals surface area contributed by atoms with Crippen LogP contribution in [0.25, 0.3) is 0 Å². The molecule has 2 atom stereocenters. The minimum absolute atomic E-state index is 0.0823. The van der Waals surface area contributed by atoms with Crippen molar-refractivity contribution in [2.45, 2.75) is 76.4 Å². The third-order valence-corrected chi connectivity index (χ3v) is 7.56.